The predicted molar refractivity (Wildman–Crippen MR) is 73.7 cm³/mol. The molecule has 1 amide bonds. The molecule has 1 fully saturated rings. The topological polar surface area (TPSA) is 58.4 Å². The van der Waals surface area contributed by atoms with Crippen LogP contribution in [-0.2, 0) is 11.3 Å². The van der Waals surface area contributed by atoms with Gasteiger partial charge in [-0.1, -0.05) is 0 Å². The zero-order valence-corrected chi connectivity index (χ0v) is 11.7. The van der Waals surface area contributed by atoms with Gasteiger partial charge in [0, 0.05) is 24.5 Å². The minimum atomic E-state index is -0.751. The summed E-state index contributed by atoms with van der Waals surface area (Å²) < 4.78 is 28.9. The molecule has 0 aliphatic carbocycles. The van der Waals surface area contributed by atoms with Crippen LogP contribution in [0.1, 0.15) is 18.0 Å². The Morgan fingerprint density at radius 3 is 2.95 bits per heavy atom. The Hall–Kier alpha value is -2.28. The van der Waals surface area contributed by atoms with Gasteiger partial charge in [-0.15, -0.1) is 0 Å². The van der Waals surface area contributed by atoms with Gasteiger partial charge in [0.25, 0.3) is 0 Å². The van der Waals surface area contributed by atoms with Crippen molar-refractivity contribution < 1.29 is 18.7 Å². The molecule has 22 heavy (non-hydrogen) atoms. The zero-order chi connectivity index (χ0) is 15.7. The largest absolute Gasteiger partial charge is 0.391 e. The summed E-state index contributed by atoms with van der Waals surface area (Å²) in [6.07, 6.45) is 4.13. The van der Waals surface area contributed by atoms with Gasteiger partial charge < -0.3 is 14.6 Å². The van der Waals surface area contributed by atoms with E-state index in [1.165, 1.54) is 11.2 Å². The van der Waals surface area contributed by atoms with Gasteiger partial charge in [0.1, 0.15) is 18.2 Å². The highest BCUT2D eigenvalue weighted by Crippen LogP contribution is 2.34. The summed E-state index contributed by atoms with van der Waals surface area (Å²) in [7, 11) is 0. The number of carbonyl (C=O) groups is 1. The number of imidazole rings is 1. The van der Waals surface area contributed by atoms with Crippen LogP contribution in [-0.4, -0.2) is 38.1 Å². The summed E-state index contributed by atoms with van der Waals surface area (Å²) in [5.74, 6) is -1.43. The molecule has 1 aliphatic rings. The molecule has 0 bridgehead atoms. The lowest BCUT2D eigenvalue weighted by molar-refractivity contribution is -0.133. The number of hydrogen-bond acceptors (Lipinski definition) is 3. The number of aliphatic hydroxyl groups is 1. The molecule has 2 unspecified atom stereocenters. The maximum Gasteiger partial charge on any atom is 0.243 e. The predicted octanol–water partition coefficient (Wildman–Crippen LogP) is 1.50. The number of aromatic nitrogens is 2. The first-order valence-corrected chi connectivity index (χ1v) is 6.93. The summed E-state index contributed by atoms with van der Waals surface area (Å²) >= 11 is 0. The summed E-state index contributed by atoms with van der Waals surface area (Å²) in [5.41, 5.74) is 0.0931. The van der Waals surface area contributed by atoms with E-state index in [9.17, 15) is 18.7 Å². The van der Waals surface area contributed by atoms with E-state index < -0.39 is 23.8 Å². The maximum absolute atomic E-state index is 14.0. The number of carbonyl (C=O) groups excluding carboxylic acids is 1. The first kappa shape index (κ1) is 14.6. The Labute approximate surface area is 125 Å². The van der Waals surface area contributed by atoms with E-state index in [0.29, 0.717) is 0 Å². The van der Waals surface area contributed by atoms with E-state index in [1.807, 2.05) is 0 Å². The second-order valence-electron chi connectivity index (χ2n) is 5.35. The van der Waals surface area contributed by atoms with Gasteiger partial charge in [0.2, 0.25) is 5.91 Å². The third-order valence-electron chi connectivity index (χ3n) is 3.79. The molecule has 7 heteroatoms. The number of aliphatic hydroxyl groups excluding tert-OH is 1. The molecule has 0 spiro atoms. The standard InChI is InChI=1S/C15H15F2N3O2/c16-10-1-2-13(17)12(5-10)14-6-11(21)7-20(14)15(22)8-19-4-3-18-9-19/h1-5,9,11,14,21H,6-8H2. The van der Waals surface area contributed by atoms with Crippen molar-refractivity contribution in [3.8, 4) is 0 Å². The molecule has 1 N–H and O–H groups in total. The van der Waals surface area contributed by atoms with Crippen molar-refractivity contribution in [1.82, 2.24) is 14.5 Å². The van der Waals surface area contributed by atoms with Crippen LogP contribution < -0.4 is 0 Å². The van der Waals surface area contributed by atoms with Crippen LogP contribution in [0.3, 0.4) is 0 Å². The summed E-state index contributed by atoms with van der Waals surface area (Å²) in [5, 5.41) is 9.84. The molecule has 1 saturated heterocycles. The number of amides is 1. The minimum Gasteiger partial charge on any atom is -0.391 e. The van der Waals surface area contributed by atoms with Crippen molar-refractivity contribution in [3.63, 3.8) is 0 Å². The average Bonchev–Trinajstić information content (AvgIpc) is 3.11. The number of nitrogens with zero attached hydrogens (tertiary/aromatic N) is 3. The highest BCUT2D eigenvalue weighted by Gasteiger charge is 2.36. The average molecular weight is 307 g/mol. The van der Waals surface area contributed by atoms with Crippen LogP contribution in [0.5, 0.6) is 0 Å². The third-order valence-corrected chi connectivity index (χ3v) is 3.79. The van der Waals surface area contributed by atoms with Gasteiger partial charge in [-0.3, -0.25) is 4.79 Å². The highest BCUT2D eigenvalue weighted by molar-refractivity contribution is 5.77. The number of β-amino-alcohol motifs (C(OH)–C–C–N with tert-alkyl or cyclic N) is 1. The van der Waals surface area contributed by atoms with Gasteiger partial charge >= 0.3 is 0 Å². The lowest BCUT2D eigenvalue weighted by atomic mass is 10.0. The Morgan fingerprint density at radius 1 is 1.41 bits per heavy atom. The molecule has 2 heterocycles. The fraction of sp³-hybridized carbons (Fsp3) is 0.333. The summed E-state index contributed by atoms with van der Waals surface area (Å²) in [4.78, 5) is 17.6. The zero-order valence-electron chi connectivity index (χ0n) is 11.7. The van der Waals surface area contributed by atoms with E-state index in [0.717, 1.165) is 18.2 Å². The number of rotatable bonds is 3. The molecule has 3 rings (SSSR count). The van der Waals surface area contributed by atoms with Crippen LogP contribution >= 0.6 is 0 Å². The number of hydrogen-bond donors (Lipinski definition) is 1. The fourth-order valence-electron chi connectivity index (χ4n) is 2.78. The van der Waals surface area contributed by atoms with Crippen molar-refractivity contribution in [2.45, 2.75) is 25.1 Å². The van der Waals surface area contributed by atoms with Crippen LogP contribution in [0, 0.1) is 11.6 Å². The number of halogens is 2. The van der Waals surface area contributed by atoms with E-state index in [2.05, 4.69) is 4.98 Å². The normalized spacial score (nSPS) is 21.3. The quantitative estimate of drug-likeness (QED) is 0.935. The molecule has 2 atom stereocenters. The van der Waals surface area contributed by atoms with Gasteiger partial charge in [0.05, 0.1) is 18.5 Å². The minimum absolute atomic E-state index is 0.0418. The molecular formula is C15H15F2N3O2. The van der Waals surface area contributed by atoms with Crippen LogP contribution in [0.4, 0.5) is 8.78 Å². The van der Waals surface area contributed by atoms with Gasteiger partial charge in [0.15, 0.2) is 0 Å². The van der Waals surface area contributed by atoms with Crippen molar-refractivity contribution in [2.24, 2.45) is 0 Å². The molecule has 1 aromatic heterocycles. The van der Waals surface area contributed by atoms with Crippen molar-refractivity contribution in [3.05, 3.63) is 54.1 Å². The lowest BCUT2D eigenvalue weighted by Crippen LogP contribution is -2.34. The Bertz CT molecular complexity index is 675. The Kier molecular flexibility index (Phi) is 3.89. The smallest absolute Gasteiger partial charge is 0.243 e. The van der Waals surface area contributed by atoms with Gasteiger partial charge in [-0.2, -0.15) is 0 Å². The van der Waals surface area contributed by atoms with Crippen molar-refractivity contribution >= 4 is 5.91 Å². The Balaban J connectivity index is 1.85. The molecule has 5 nitrogen and oxygen atoms in total. The Morgan fingerprint density at radius 2 is 2.23 bits per heavy atom. The van der Waals surface area contributed by atoms with Crippen molar-refractivity contribution in [1.29, 1.82) is 0 Å². The molecule has 2 aromatic rings. The van der Waals surface area contributed by atoms with Crippen LogP contribution in [0.25, 0.3) is 0 Å². The molecule has 0 radical (unpaired) electrons. The van der Waals surface area contributed by atoms with E-state index in [4.69, 9.17) is 0 Å². The second-order valence-corrected chi connectivity index (χ2v) is 5.35. The molecule has 116 valence electrons. The summed E-state index contributed by atoms with van der Waals surface area (Å²) in [6, 6.07) is 2.48. The maximum atomic E-state index is 14.0. The SMILES string of the molecule is O=C(Cn1ccnc1)N1CC(O)CC1c1cc(F)ccc1F. The van der Waals surface area contributed by atoms with Crippen LogP contribution in [0.15, 0.2) is 36.9 Å². The lowest BCUT2D eigenvalue weighted by Gasteiger charge is -2.25. The fourth-order valence-corrected chi connectivity index (χ4v) is 2.78. The van der Waals surface area contributed by atoms with E-state index in [1.54, 1.807) is 17.0 Å². The molecule has 1 aromatic carbocycles. The monoisotopic (exact) mass is 307 g/mol. The van der Waals surface area contributed by atoms with E-state index in [-0.39, 0.29) is 31.0 Å². The molecule has 0 saturated carbocycles. The third kappa shape index (κ3) is 2.85. The second kappa shape index (κ2) is 5.84. The first-order chi connectivity index (χ1) is 10.5. The first-order valence-electron chi connectivity index (χ1n) is 6.93. The summed E-state index contributed by atoms with van der Waals surface area (Å²) in [6.45, 7) is 0.147. The van der Waals surface area contributed by atoms with E-state index >= 15 is 0 Å². The highest BCUT2D eigenvalue weighted by atomic mass is 19.1. The molecule has 1 aliphatic heterocycles. The molecular weight excluding hydrogens is 292 g/mol. The number of benzene rings is 1. The van der Waals surface area contributed by atoms with Gasteiger partial charge in [-0.25, -0.2) is 13.8 Å². The van der Waals surface area contributed by atoms with Crippen molar-refractivity contribution in [2.75, 3.05) is 6.54 Å². The van der Waals surface area contributed by atoms with Crippen LogP contribution in [0.2, 0.25) is 0 Å². The number of likely N-dealkylation sites (tertiary alicyclic amines) is 1. The van der Waals surface area contributed by atoms with Gasteiger partial charge in [-0.05, 0) is 24.6 Å².